The molecular weight excluding hydrogens is 176 g/mol. The van der Waals surface area contributed by atoms with Crippen LogP contribution in [0.1, 0.15) is 18.1 Å². The SMILES string of the molecule is C=CC[C@@H](O)[C@H]1O[C@@H]1c1ccccc1. The Morgan fingerprint density at radius 2 is 2.14 bits per heavy atom. The molecule has 0 unspecified atom stereocenters. The molecule has 74 valence electrons. The third-order valence-corrected chi connectivity index (χ3v) is 2.44. The van der Waals surface area contributed by atoms with Crippen molar-refractivity contribution in [1.29, 1.82) is 0 Å². The molecule has 1 fully saturated rings. The number of hydrogen-bond acceptors (Lipinski definition) is 2. The zero-order chi connectivity index (χ0) is 9.97. The van der Waals surface area contributed by atoms with Crippen LogP contribution in [0, 0.1) is 0 Å². The normalized spacial score (nSPS) is 26.9. The van der Waals surface area contributed by atoms with E-state index < -0.39 is 6.10 Å². The number of aliphatic hydroxyl groups is 1. The number of benzene rings is 1. The van der Waals surface area contributed by atoms with Gasteiger partial charge in [0.25, 0.3) is 0 Å². The van der Waals surface area contributed by atoms with Crippen LogP contribution in [0.4, 0.5) is 0 Å². The smallest absolute Gasteiger partial charge is 0.115 e. The fourth-order valence-corrected chi connectivity index (χ4v) is 1.63. The number of ether oxygens (including phenoxy) is 1. The van der Waals surface area contributed by atoms with Gasteiger partial charge in [0.1, 0.15) is 12.2 Å². The summed E-state index contributed by atoms with van der Waals surface area (Å²) in [5.74, 6) is 0. The van der Waals surface area contributed by atoms with Crippen molar-refractivity contribution >= 4 is 0 Å². The van der Waals surface area contributed by atoms with E-state index in [-0.39, 0.29) is 12.2 Å². The van der Waals surface area contributed by atoms with Gasteiger partial charge in [-0.25, -0.2) is 0 Å². The van der Waals surface area contributed by atoms with Crippen LogP contribution in [0.2, 0.25) is 0 Å². The molecule has 0 aromatic heterocycles. The van der Waals surface area contributed by atoms with Gasteiger partial charge >= 0.3 is 0 Å². The Balaban J connectivity index is 1.96. The van der Waals surface area contributed by atoms with Crippen molar-refractivity contribution in [3.05, 3.63) is 48.6 Å². The Morgan fingerprint density at radius 3 is 2.79 bits per heavy atom. The van der Waals surface area contributed by atoms with Gasteiger partial charge in [0.15, 0.2) is 0 Å². The number of hydrogen-bond donors (Lipinski definition) is 1. The molecule has 0 saturated carbocycles. The lowest BCUT2D eigenvalue weighted by molar-refractivity contribution is 0.138. The van der Waals surface area contributed by atoms with Crippen LogP contribution >= 0.6 is 0 Å². The van der Waals surface area contributed by atoms with Crippen molar-refractivity contribution in [1.82, 2.24) is 0 Å². The molecular formula is C12H14O2. The van der Waals surface area contributed by atoms with Gasteiger partial charge in [0.05, 0.1) is 6.10 Å². The first-order chi connectivity index (χ1) is 6.83. The van der Waals surface area contributed by atoms with Gasteiger partial charge in [0.2, 0.25) is 0 Å². The van der Waals surface area contributed by atoms with Crippen LogP contribution in [-0.4, -0.2) is 17.3 Å². The lowest BCUT2D eigenvalue weighted by Gasteiger charge is -2.02. The highest BCUT2D eigenvalue weighted by Gasteiger charge is 2.44. The van der Waals surface area contributed by atoms with E-state index >= 15 is 0 Å². The molecule has 2 rings (SSSR count). The van der Waals surface area contributed by atoms with Gasteiger partial charge < -0.3 is 9.84 Å². The fraction of sp³-hybridized carbons (Fsp3) is 0.333. The molecule has 2 nitrogen and oxygen atoms in total. The molecule has 0 aliphatic carbocycles. The van der Waals surface area contributed by atoms with Crippen molar-refractivity contribution in [2.75, 3.05) is 0 Å². The Hall–Kier alpha value is -1.12. The summed E-state index contributed by atoms with van der Waals surface area (Å²) >= 11 is 0. The van der Waals surface area contributed by atoms with Gasteiger partial charge in [-0.05, 0) is 12.0 Å². The van der Waals surface area contributed by atoms with E-state index in [1.54, 1.807) is 6.08 Å². The summed E-state index contributed by atoms with van der Waals surface area (Å²) in [7, 11) is 0. The van der Waals surface area contributed by atoms with Crippen LogP contribution < -0.4 is 0 Å². The molecule has 1 aromatic carbocycles. The maximum absolute atomic E-state index is 9.62. The zero-order valence-corrected chi connectivity index (χ0v) is 7.97. The van der Waals surface area contributed by atoms with Crippen molar-refractivity contribution in [2.45, 2.75) is 24.7 Å². The number of epoxide rings is 1. The third kappa shape index (κ3) is 1.86. The summed E-state index contributed by atoms with van der Waals surface area (Å²) in [6, 6.07) is 9.97. The van der Waals surface area contributed by atoms with Crippen molar-refractivity contribution in [2.24, 2.45) is 0 Å². The van der Waals surface area contributed by atoms with E-state index in [0.29, 0.717) is 6.42 Å². The molecule has 2 heteroatoms. The van der Waals surface area contributed by atoms with E-state index in [4.69, 9.17) is 4.74 Å². The molecule has 1 heterocycles. The summed E-state index contributed by atoms with van der Waals surface area (Å²) in [6.07, 6.45) is 1.92. The van der Waals surface area contributed by atoms with Crippen molar-refractivity contribution < 1.29 is 9.84 Å². The van der Waals surface area contributed by atoms with Gasteiger partial charge in [-0.15, -0.1) is 6.58 Å². The Bertz CT molecular complexity index is 307. The molecule has 0 radical (unpaired) electrons. The highest BCUT2D eigenvalue weighted by atomic mass is 16.6. The zero-order valence-electron chi connectivity index (χ0n) is 7.97. The molecule has 0 amide bonds. The Labute approximate surface area is 83.8 Å². The minimum atomic E-state index is -0.419. The molecule has 1 N–H and O–H groups in total. The molecule has 14 heavy (non-hydrogen) atoms. The molecule has 3 atom stereocenters. The topological polar surface area (TPSA) is 32.8 Å². The van der Waals surface area contributed by atoms with Gasteiger partial charge in [0, 0.05) is 0 Å². The minimum absolute atomic E-state index is 0.0459. The third-order valence-electron chi connectivity index (χ3n) is 2.44. The maximum atomic E-state index is 9.62. The van der Waals surface area contributed by atoms with Crippen LogP contribution in [0.3, 0.4) is 0 Å². The summed E-state index contributed by atoms with van der Waals surface area (Å²) in [6.45, 7) is 3.59. The van der Waals surface area contributed by atoms with E-state index in [1.807, 2.05) is 30.3 Å². The highest BCUT2D eigenvalue weighted by molar-refractivity contribution is 5.23. The van der Waals surface area contributed by atoms with E-state index in [9.17, 15) is 5.11 Å². The number of aliphatic hydroxyl groups excluding tert-OH is 1. The molecule has 0 bridgehead atoms. The fourth-order valence-electron chi connectivity index (χ4n) is 1.63. The summed E-state index contributed by atoms with van der Waals surface area (Å²) in [5.41, 5.74) is 1.14. The van der Waals surface area contributed by atoms with Gasteiger partial charge in [-0.1, -0.05) is 36.4 Å². The van der Waals surface area contributed by atoms with Crippen molar-refractivity contribution in [3.8, 4) is 0 Å². The number of rotatable bonds is 4. The molecule has 1 aliphatic heterocycles. The average molecular weight is 190 g/mol. The second-order valence-electron chi connectivity index (χ2n) is 3.52. The largest absolute Gasteiger partial charge is 0.390 e. The molecule has 1 saturated heterocycles. The first-order valence-electron chi connectivity index (χ1n) is 4.82. The second kappa shape index (κ2) is 3.95. The lowest BCUT2D eigenvalue weighted by atomic mass is 10.1. The van der Waals surface area contributed by atoms with Gasteiger partial charge in [-0.3, -0.25) is 0 Å². The molecule has 1 aromatic rings. The Morgan fingerprint density at radius 1 is 1.43 bits per heavy atom. The first kappa shape index (κ1) is 9.44. The van der Waals surface area contributed by atoms with Crippen LogP contribution in [0.15, 0.2) is 43.0 Å². The molecule has 1 aliphatic rings. The van der Waals surface area contributed by atoms with Crippen LogP contribution in [-0.2, 0) is 4.74 Å². The highest BCUT2D eigenvalue weighted by Crippen LogP contribution is 2.41. The van der Waals surface area contributed by atoms with Crippen LogP contribution in [0.25, 0.3) is 0 Å². The maximum Gasteiger partial charge on any atom is 0.115 e. The summed E-state index contributed by atoms with van der Waals surface area (Å²) in [5, 5.41) is 9.62. The summed E-state index contributed by atoms with van der Waals surface area (Å²) in [4.78, 5) is 0. The standard InChI is InChI=1S/C12H14O2/c1-2-6-10(13)12-11(14-12)9-7-4-3-5-8-9/h2-5,7-8,10-13H,1,6H2/t10-,11-,12-/m1/s1. The molecule has 0 spiro atoms. The lowest BCUT2D eigenvalue weighted by Crippen LogP contribution is -2.13. The monoisotopic (exact) mass is 190 g/mol. The first-order valence-corrected chi connectivity index (χ1v) is 4.82. The second-order valence-corrected chi connectivity index (χ2v) is 3.52. The van der Waals surface area contributed by atoms with E-state index in [1.165, 1.54) is 0 Å². The average Bonchev–Trinajstić information content (AvgIpc) is 2.99. The minimum Gasteiger partial charge on any atom is -0.390 e. The predicted octanol–water partition coefficient (Wildman–Crippen LogP) is 2.06. The predicted molar refractivity (Wildman–Crippen MR) is 54.9 cm³/mol. The van der Waals surface area contributed by atoms with E-state index in [0.717, 1.165) is 5.56 Å². The van der Waals surface area contributed by atoms with Crippen LogP contribution in [0.5, 0.6) is 0 Å². The quantitative estimate of drug-likeness (QED) is 0.582. The van der Waals surface area contributed by atoms with Gasteiger partial charge in [-0.2, -0.15) is 0 Å². The summed E-state index contributed by atoms with van der Waals surface area (Å²) < 4.78 is 5.42. The van der Waals surface area contributed by atoms with Crippen molar-refractivity contribution in [3.63, 3.8) is 0 Å². The van der Waals surface area contributed by atoms with E-state index in [2.05, 4.69) is 6.58 Å². The Kier molecular flexibility index (Phi) is 2.66.